The van der Waals surface area contributed by atoms with Gasteiger partial charge in [-0.05, 0) is 60.5 Å². The summed E-state index contributed by atoms with van der Waals surface area (Å²) >= 11 is 0. The van der Waals surface area contributed by atoms with Crippen LogP contribution in [0.25, 0.3) is 0 Å². The van der Waals surface area contributed by atoms with Gasteiger partial charge in [-0.2, -0.15) is 0 Å². The third kappa shape index (κ3) is 8.88. The molecule has 0 saturated carbocycles. The maximum Gasteiger partial charge on any atom is 0.224 e. The number of likely N-dealkylation sites (tertiary alicyclic amines) is 1. The first kappa shape index (κ1) is 25.4. The molecule has 1 aliphatic rings. The summed E-state index contributed by atoms with van der Waals surface area (Å²) in [5, 5.41) is 6.59. The molecular formula is C19H40IN5O. The van der Waals surface area contributed by atoms with Crippen LogP contribution in [0, 0.1) is 0 Å². The molecule has 0 atom stereocenters. The van der Waals surface area contributed by atoms with E-state index in [1.807, 2.05) is 18.7 Å². The van der Waals surface area contributed by atoms with Gasteiger partial charge < -0.3 is 15.5 Å². The molecule has 1 amide bonds. The number of piperidine rings is 1. The maximum absolute atomic E-state index is 12.1. The molecule has 6 nitrogen and oxygen atoms in total. The number of carbonyl (C=O) groups excluding carboxylic acids is 1. The van der Waals surface area contributed by atoms with E-state index in [2.05, 4.69) is 36.3 Å². The Morgan fingerprint density at radius 3 is 2.23 bits per heavy atom. The molecule has 0 radical (unpaired) electrons. The van der Waals surface area contributed by atoms with Gasteiger partial charge in [-0.15, -0.1) is 24.0 Å². The summed E-state index contributed by atoms with van der Waals surface area (Å²) in [5.41, 5.74) is 0.0693. The second kappa shape index (κ2) is 13.6. The second-order valence-electron chi connectivity index (χ2n) is 7.30. The molecule has 0 bridgehead atoms. The summed E-state index contributed by atoms with van der Waals surface area (Å²) in [7, 11) is 0. The van der Waals surface area contributed by atoms with Crippen molar-refractivity contribution in [2.45, 2.75) is 65.8 Å². The summed E-state index contributed by atoms with van der Waals surface area (Å²) in [4.78, 5) is 21.3. The summed E-state index contributed by atoms with van der Waals surface area (Å²) in [6, 6.07) is 0. The smallest absolute Gasteiger partial charge is 0.224 e. The lowest BCUT2D eigenvalue weighted by Crippen LogP contribution is -2.49. The monoisotopic (exact) mass is 481 g/mol. The van der Waals surface area contributed by atoms with E-state index >= 15 is 0 Å². The van der Waals surface area contributed by atoms with Crippen LogP contribution < -0.4 is 10.6 Å². The Kier molecular flexibility index (Phi) is 13.3. The molecule has 7 heteroatoms. The summed E-state index contributed by atoms with van der Waals surface area (Å²) in [6.45, 7) is 16.7. The van der Waals surface area contributed by atoms with Crippen LogP contribution in [0.2, 0.25) is 0 Å². The van der Waals surface area contributed by atoms with Gasteiger partial charge in [-0.3, -0.25) is 14.7 Å². The van der Waals surface area contributed by atoms with Gasteiger partial charge in [-0.25, -0.2) is 0 Å². The van der Waals surface area contributed by atoms with Crippen LogP contribution in [0.4, 0.5) is 0 Å². The molecule has 26 heavy (non-hydrogen) atoms. The molecule has 0 aromatic heterocycles. The van der Waals surface area contributed by atoms with Gasteiger partial charge in [0.15, 0.2) is 5.96 Å². The normalized spacial score (nSPS) is 16.0. The Morgan fingerprint density at radius 1 is 1.08 bits per heavy atom. The number of guanidine groups is 1. The van der Waals surface area contributed by atoms with Gasteiger partial charge in [0.05, 0.1) is 6.54 Å². The zero-order chi connectivity index (χ0) is 18.7. The lowest BCUT2D eigenvalue weighted by atomic mass is 9.99. The van der Waals surface area contributed by atoms with E-state index < -0.39 is 0 Å². The van der Waals surface area contributed by atoms with E-state index in [1.54, 1.807) is 0 Å². The Morgan fingerprint density at radius 2 is 1.69 bits per heavy atom. The number of nitrogens with one attached hydrogen (secondary N) is 2. The maximum atomic E-state index is 12.1. The molecule has 154 valence electrons. The van der Waals surface area contributed by atoms with Crippen molar-refractivity contribution >= 4 is 35.8 Å². The Labute approximate surface area is 177 Å². The number of rotatable bonds is 9. The highest BCUT2D eigenvalue weighted by molar-refractivity contribution is 14.0. The predicted molar refractivity (Wildman–Crippen MR) is 121 cm³/mol. The first-order valence-electron chi connectivity index (χ1n) is 9.99. The van der Waals surface area contributed by atoms with E-state index in [0.717, 1.165) is 32.1 Å². The summed E-state index contributed by atoms with van der Waals surface area (Å²) in [5.74, 6) is 1.00. The van der Waals surface area contributed by atoms with Gasteiger partial charge >= 0.3 is 0 Å². The molecular weight excluding hydrogens is 441 g/mol. The number of halogens is 1. The lowest BCUT2D eigenvalue weighted by molar-refractivity contribution is -0.130. The molecule has 0 spiro atoms. The number of carbonyl (C=O) groups is 1. The highest BCUT2D eigenvalue weighted by atomic mass is 127. The number of hydrogen-bond donors (Lipinski definition) is 2. The van der Waals surface area contributed by atoms with Crippen LogP contribution in [0.3, 0.4) is 0 Å². The zero-order valence-corrected chi connectivity index (χ0v) is 19.8. The summed E-state index contributed by atoms with van der Waals surface area (Å²) < 4.78 is 0. The summed E-state index contributed by atoms with van der Waals surface area (Å²) in [6.07, 6.45) is 4.43. The van der Waals surface area contributed by atoms with E-state index in [1.165, 1.54) is 32.4 Å². The van der Waals surface area contributed by atoms with E-state index in [-0.39, 0.29) is 35.4 Å². The number of nitrogens with zero attached hydrogens (tertiary/aromatic N) is 3. The molecule has 1 aliphatic heterocycles. The number of amides is 1. The van der Waals surface area contributed by atoms with Gasteiger partial charge in [-0.1, -0.05) is 6.42 Å². The number of aliphatic imine (C=N–C) groups is 1. The lowest BCUT2D eigenvalue weighted by Gasteiger charge is -2.40. The van der Waals surface area contributed by atoms with E-state index in [9.17, 15) is 4.79 Å². The van der Waals surface area contributed by atoms with E-state index in [0.29, 0.717) is 13.0 Å². The Balaban J connectivity index is 0.00000625. The molecule has 1 heterocycles. The van der Waals surface area contributed by atoms with Gasteiger partial charge in [0.1, 0.15) is 0 Å². The van der Waals surface area contributed by atoms with E-state index in [4.69, 9.17) is 4.99 Å². The molecule has 1 saturated heterocycles. The fraction of sp³-hybridized carbons (Fsp3) is 0.895. The van der Waals surface area contributed by atoms with Crippen molar-refractivity contribution in [3.8, 4) is 0 Å². The average molecular weight is 481 g/mol. The second-order valence-corrected chi connectivity index (χ2v) is 7.30. The minimum atomic E-state index is 0. The molecule has 1 rings (SSSR count). The quantitative estimate of drug-likeness (QED) is 0.302. The fourth-order valence-electron chi connectivity index (χ4n) is 3.24. The third-order valence-corrected chi connectivity index (χ3v) is 4.93. The van der Waals surface area contributed by atoms with Crippen LogP contribution in [0.5, 0.6) is 0 Å². The SMILES string of the molecule is CCNC(=NCC(C)(C)N1CCCCC1)NCCC(=O)N(CC)CC.I. The van der Waals surface area contributed by atoms with Crippen LogP contribution in [0.15, 0.2) is 4.99 Å². The van der Waals surface area contributed by atoms with Crippen LogP contribution in [-0.4, -0.2) is 73.0 Å². The van der Waals surface area contributed by atoms with Crippen molar-refractivity contribution in [1.29, 1.82) is 0 Å². The van der Waals surface area contributed by atoms with Crippen molar-refractivity contribution in [2.24, 2.45) is 4.99 Å². The highest BCUT2D eigenvalue weighted by Crippen LogP contribution is 2.20. The third-order valence-electron chi connectivity index (χ3n) is 4.93. The Hall–Kier alpha value is -0.570. The van der Waals surface area contributed by atoms with Gasteiger partial charge in [0, 0.05) is 38.1 Å². The fourth-order valence-corrected chi connectivity index (χ4v) is 3.24. The van der Waals surface area contributed by atoms with Crippen molar-refractivity contribution in [3.05, 3.63) is 0 Å². The van der Waals surface area contributed by atoms with Crippen LogP contribution in [0.1, 0.15) is 60.3 Å². The molecule has 0 aliphatic carbocycles. The van der Waals surface area contributed by atoms with Crippen molar-refractivity contribution in [2.75, 3.05) is 45.8 Å². The molecule has 1 fully saturated rings. The minimum absolute atomic E-state index is 0. The number of hydrogen-bond acceptors (Lipinski definition) is 3. The zero-order valence-electron chi connectivity index (χ0n) is 17.4. The molecule has 0 unspecified atom stereocenters. The van der Waals surface area contributed by atoms with Gasteiger partial charge in [0.2, 0.25) is 5.91 Å². The molecule has 0 aromatic rings. The Bertz CT molecular complexity index is 418. The van der Waals surface area contributed by atoms with Crippen LogP contribution in [-0.2, 0) is 4.79 Å². The van der Waals surface area contributed by atoms with Crippen molar-refractivity contribution < 1.29 is 4.79 Å². The minimum Gasteiger partial charge on any atom is -0.357 e. The largest absolute Gasteiger partial charge is 0.357 e. The molecule has 0 aromatic carbocycles. The standard InChI is InChI=1S/C19H39N5O.HI/c1-6-20-18(21-13-12-17(25)23(7-2)8-3)22-16-19(4,5)24-14-10-9-11-15-24;/h6-16H2,1-5H3,(H2,20,21,22);1H. The van der Waals surface area contributed by atoms with Crippen molar-refractivity contribution in [3.63, 3.8) is 0 Å². The van der Waals surface area contributed by atoms with Crippen LogP contribution >= 0.6 is 24.0 Å². The average Bonchev–Trinajstić information content (AvgIpc) is 2.61. The topological polar surface area (TPSA) is 60.0 Å². The van der Waals surface area contributed by atoms with Crippen molar-refractivity contribution in [1.82, 2.24) is 20.4 Å². The van der Waals surface area contributed by atoms with Gasteiger partial charge in [0.25, 0.3) is 0 Å². The first-order valence-corrected chi connectivity index (χ1v) is 9.99. The molecule has 2 N–H and O–H groups in total. The predicted octanol–water partition coefficient (Wildman–Crippen LogP) is 2.68. The first-order chi connectivity index (χ1) is 11.9. The highest BCUT2D eigenvalue weighted by Gasteiger charge is 2.27.